The summed E-state index contributed by atoms with van der Waals surface area (Å²) in [5.41, 5.74) is 2.86. The first-order chi connectivity index (χ1) is 21.1. The normalized spacial score (nSPS) is 18.4. The van der Waals surface area contributed by atoms with E-state index >= 15 is 8.78 Å². The Morgan fingerprint density at radius 2 is 1.84 bits per heavy atom. The van der Waals surface area contributed by atoms with Gasteiger partial charge in [0.2, 0.25) is 0 Å². The smallest absolute Gasteiger partial charge is 0.427 e. The van der Waals surface area contributed by atoms with Crippen LogP contribution in [0.5, 0.6) is 0 Å². The number of piperidine rings is 1. The van der Waals surface area contributed by atoms with Crippen LogP contribution in [0.4, 0.5) is 13.6 Å². The topological polar surface area (TPSA) is 94.8 Å². The zero-order chi connectivity index (χ0) is 30.8. The number of ether oxygens (including phenoxy) is 2. The monoisotopic (exact) mass is 606 g/mol. The van der Waals surface area contributed by atoms with E-state index in [0.717, 1.165) is 18.4 Å². The molecule has 232 valence electrons. The molecule has 6 rings (SSSR count). The Balaban J connectivity index is 1.22. The van der Waals surface area contributed by atoms with Crippen LogP contribution < -0.4 is 0 Å². The van der Waals surface area contributed by atoms with Crippen LogP contribution >= 0.6 is 0 Å². The Hall–Kier alpha value is -4.00. The van der Waals surface area contributed by atoms with Crippen molar-refractivity contribution >= 4 is 17.2 Å². The van der Waals surface area contributed by atoms with Crippen LogP contribution in [0.3, 0.4) is 0 Å². The van der Waals surface area contributed by atoms with Crippen molar-refractivity contribution in [3.63, 3.8) is 0 Å². The number of halogens is 2. The molecular weight excluding hydrogens is 570 g/mol. The molecule has 4 aromatic rings. The number of rotatable bonds is 6. The number of hydrogen-bond acceptors (Lipinski definition) is 9. The summed E-state index contributed by atoms with van der Waals surface area (Å²) in [6.07, 6.45) is 6.22. The van der Waals surface area contributed by atoms with E-state index in [2.05, 4.69) is 10.1 Å². The van der Waals surface area contributed by atoms with Gasteiger partial charge in [0.15, 0.2) is 0 Å². The third kappa shape index (κ3) is 6.87. The number of nitrogens with zero attached hydrogens (tertiary/aromatic N) is 6. The van der Waals surface area contributed by atoms with Gasteiger partial charge in [-0.1, -0.05) is 12.1 Å². The lowest BCUT2D eigenvalue weighted by atomic mass is 10.0. The van der Waals surface area contributed by atoms with E-state index in [1.54, 1.807) is 50.4 Å². The van der Waals surface area contributed by atoms with Crippen molar-refractivity contribution in [3.8, 4) is 22.4 Å². The molecule has 44 heavy (non-hydrogen) atoms. The fourth-order valence-electron chi connectivity index (χ4n) is 5.56. The predicted octanol–water partition coefficient (Wildman–Crippen LogP) is 5.77. The number of fused-ring (bicyclic) bond motifs is 1. The van der Waals surface area contributed by atoms with E-state index in [4.69, 9.17) is 19.3 Å². The van der Waals surface area contributed by atoms with Crippen molar-refractivity contribution in [2.75, 3.05) is 39.4 Å². The molecule has 1 unspecified atom stereocenters. The van der Waals surface area contributed by atoms with Crippen LogP contribution in [0.15, 0.2) is 48.9 Å². The van der Waals surface area contributed by atoms with Gasteiger partial charge in [-0.15, -0.1) is 5.06 Å². The number of morpholine rings is 1. The highest BCUT2D eigenvalue weighted by Gasteiger charge is 2.27. The first-order valence-corrected chi connectivity index (χ1v) is 14.9. The van der Waals surface area contributed by atoms with Gasteiger partial charge in [-0.3, -0.25) is 14.6 Å². The molecule has 0 saturated carbocycles. The van der Waals surface area contributed by atoms with Gasteiger partial charge in [-0.2, -0.15) is 5.10 Å². The molecule has 2 aromatic heterocycles. The maximum Gasteiger partial charge on any atom is 0.528 e. The van der Waals surface area contributed by atoms with E-state index < -0.39 is 23.4 Å². The molecule has 2 aromatic carbocycles. The number of hydrogen-bond donors (Lipinski definition) is 0. The molecule has 0 amide bonds. The van der Waals surface area contributed by atoms with Gasteiger partial charge in [0.1, 0.15) is 17.2 Å². The number of aromatic nitrogens is 4. The maximum absolute atomic E-state index is 15.3. The van der Waals surface area contributed by atoms with E-state index in [1.165, 1.54) is 12.1 Å². The van der Waals surface area contributed by atoms with E-state index in [1.807, 2.05) is 21.8 Å². The summed E-state index contributed by atoms with van der Waals surface area (Å²) in [6, 6.07) is 8.13. The third-order valence-corrected chi connectivity index (χ3v) is 7.73. The molecule has 0 aliphatic carbocycles. The van der Waals surface area contributed by atoms with Crippen molar-refractivity contribution in [3.05, 3.63) is 66.1 Å². The second-order valence-electron chi connectivity index (χ2n) is 12.2. The van der Waals surface area contributed by atoms with Crippen LogP contribution in [-0.2, 0) is 20.9 Å². The number of carbonyl (C=O) groups excluding carboxylic acids is 1. The summed E-state index contributed by atoms with van der Waals surface area (Å²) in [5.74, 6) is -1.18. The molecule has 0 bridgehead atoms. The molecule has 4 heterocycles. The van der Waals surface area contributed by atoms with Crippen LogP contribution in [0.1, 0.15) is 45.2 Å². The highest BCUT2D eigenvalue weighted by Crippen LogP contribution is 2.32. The molecule has 2 fully saturated rings. The zero-order valence-electron chi connectivity index (χ0n) is 25.1. The number of para-hydroxylation sites is 1. The second-order valence-corrected chi connectivity index (χ2v) is 12.2. The lowest BCUT2D eigenvalue weighted by Crippen LogP contribution is -2.39. The summed E-state index contributed by atoms with van der Waals surface area (Å²) in [4.78, 5) is 29.0. The fraction of sp³-hybridized carbons (Fsp3) is 0.438. The van der Waals surface area contributed by atoms with Gasteiger partial charge in [0.05, 0.1) is 54.9 Å². The highest BCUT2D eigenvalue weighted by molar-refractivity contribution is 5.92. The summed E-state index contributed by atoms with van der Waals surface area (Å²) < 4.78 is 43.0. The summed E-state index contributed by atoms with van der Waals surface area (Å²) in [6.45, 7) is 9.01. The van der Waals surface area contributed by atoms with E-state index in [0.29, 0.717) is 67.2 Å². The molecule has 12 heteroatoms. The van der Waals surface area contributed by atoms with Crippen LogP contribution in [-0.4, -0.2) is 80.9 Å². The van der Waals surface area contributed by atoms with E-state index in [-0.39, 0.29) is 18.2 Å². The predicted molar refractivity (Wildman–Crippen MR) is 159 cm³/mol. The molecule has 10 nitrogen and oxygen atoms in total. The minimum Gasteiger partial charge on any atom is -0.427 e. The minimum atomic E-state index is -0.729. The quantitative estimate of drug-likeness (QED) is 0.253. The Kier molecular flexibility index (Phi) is 8.57. The Morgan fingerprint density at radius 1 is 1.07 bits per heavy atom. The van der Waals surface area contributed by atoms with Crippen LogP contribution in [0.25, 0.3) is 33.4 Å². The van der Waals surface area contributed by atoms with Crippen LogP contribution in [0, 0.1) is 11.6 Å². The van der Waals surface area contributed by atoms with Crippen LogP contribution in [0.2, 0.25) is 0 Å². The molecule has 2 saturated heterocycles. The maximum atomic E-state index is 15.3. The third-order valence-electron chi connectivity index (χ3n) is 7.73. The lowest BCUT2D eigenvalue weighted by Gasteiger charge is -2.31. The SMILES string of the molecule is CC(C)(C)OC(=O)ON1CCCC(n2cc(-c3cnc4cccc(-c5cc(F)c(CN6CCOCC6)c(F)c5)c4n3)cn2)C1. The van der Waals surface area contributed by atoms with Gasteiger partial charge in [-0.05, 0) is 57.4 Å². The molecular formula is C32H36F2N6O4. The molecule has 0 N–H and O–H groups in total. The Morgan fingerprint density at radius 3 is 2.59 bits per heavy atom. The summed E-state index contributed by atoms with van der Waals surface area (Å²) >= 11 is 0. The van der Waals surface area contributed by atoms with Gasteiger partial charge in [0.25, 0.3) is 0 Å². The average Bonchev–Trinajstić information content (AvgIpc) is 3.49. The molecule has 2 aliphatic rings. The molecule has 0 radical (unpaired) electrons. The van der Waals surface area contributed by atoms with Gasteiger partial charge >= 0.3 is 6.16 Å². The largest absolute Gasteiger partial charge is 0.528 e. The lowest BCUT2D eigenvalue weighted by molar-refractivity contribution is -0.158. The Bertz CT molecular complexity index is 1630. The number of hydroxylamine groups is 2. The summed E-state index contributed by atoms with van der Waals surface area (Å²) in [7, 11) is 0. The number of carbonyl (C=O) groups is 1. The van der Waals surface area contributed by atoms with E-state index in [9.17, 15) is 4.79 Å². The zero-order valence-corrected chi connectivity index (χ0v) is 25.1. The van der Waals surface area contributed by atoms with Gasteiger partial charge < -0.3 is 14.3 Å². The van der Waals surface area contributed by atoms with Crippen molar-refractivity contribution in [2.24, 2.45) is 0 Å². The van der Waals surface area contributed by atoms with Crippen molar-refractivity contribution in [1.82, 2.24) is 29.7 Å². The minimum absolute atomic E-state index is 0.0224. The van der Waals surface area contributed by atoms with Crippen molar-refractivity contribution in [2.45, 2.75) is 51.8 Å². The molecule has 1 atom stereocenters. The first-order valence-electron chi connectivity index (χ1n) is 14.9. The first kappa shape index (κ1) is 30.0. The average molecular weight is 607 g/mol. The van der Waals surface area contributed by atoms with Crippen molar-refractivity contribution in [1.29, 1.82) is 0 Å². The second kappa shape index (κ2) is 12.5. The van der Waals surface area contributed by atoms with Gasteiger partial charge in [-0.25, -0.2) is 18.6 Å². The molecule has 0 spiro atoms. The Labute approximate surface area is 254 Å². The highest BCUT2D eigenvalue weighted by atomic mass is 19.1. The molecule has 2 aliphatic heterocycles. The van der Waals surface area contributed by atoms with Gasteiger partial charge in [0, 0.05) is 49.1 Å². The standard InChI is InChI=1S/C32H36F2N6O4/c1-32(2,3)43-31(41)44-39-9-5-6-23(19-39)40-18-22(16-36-40)29-17-35-28-8-4-7-24(30(28)37-29)21-14-26(33)25(27(34)15-21)20-38-10-12-42-13-11-38/h4,7-8,14-18,23H,5-6,9-13,19-20H2,1-3H3. The fourth-order valence-corrected chi connectivity index (χ4v) is 5.56. The summed E-state index contributed by atoms with van der Waals surface area (Å²) in [5, 5.41) is 6.18. The number of benzene rings is 2. The van der Waals surface area contributed by atoms with Crippen molar-refractivity contribution < 1.29 is 27.9 Å².